The molecule has 0 unspecified atom stereocenters. The maximum absolute atomic E-state index is 10.8. The zero-order valence-electron chi connectivity index (χ0n) is 19.9. The number of aromatic hydroxyl groups is 1. The van der Waals surface area contributed by atoms with Crippen LogP contribution in [0.1, 0.15) is 74.9 Å². The molecular weight excluding hydrogens is 422 g/mol. The van der Waals surface area contributed by atoms with E-state index in [4.69, 9.17) is 14.8 Å². The molecule has 7 nitrogen and oxygen atoms in total. The summed E-state index contributed by atoms with van der Waals surface area (Å²) in [6.45, 7) is 8.60. The lowest BCUT2D eigenvalue weighted by molar-refractivity contribution is -0.139. The van der Waals surface area contributed by atoms with Gasteiger partial charge in [0.1, 0.15) is 5.75 Å². The number of aliphatic hydroxyl groups is 2. The van der Waals surface area contributed by atoms with Crippen LogP contribution in [0.2, 0.25) is 0 Å². The van der Waals surface area contributed by atoms with Gasteiger partial charge >= 0.3 is 5.97 Å². The average Bonchev–Trinajstić information content (AvgIpc) is 2.72. The maximum Gasteiger partial charge on any atom is 0.305 e. The van der Waals surface area contributed by atoms with Gasteiger partial charge in [-0.05, 0) is 35.1 Å². The smallest absolute Gasteiger partial charge is 0.305 e. The molecule has 180 valence electrons. The second-order valence-electron chi connectivity index (χ2n) is 8.85. The zero-order chi connectivity index (χ0) is 24.7. The summed E-state index contributed by atoms with van der Waals surface area (Å²) in [5.74, 6) is -0.718. The number of phenols is 1. The van der Waals surface area contributed by atoms with Crippen LogP contribution in [0.4, 0.5) is 0 Å². The Labute approximate surface area is 195 Å². The Balaban J connectivity index is 2.69. The summed E-state index contributed by atoms with van der Waals surface area (Å²) in [6, 6.07) is 6.92. The van der Waals surface area contributed by atoms with Crippen molar-refractivity contribution < 1.29 is 30.0 Å². The maximum atomic E-state index is 10.8. The molecule has 0 saturated heterocycles. The van der Waals surface area contributed by atoms with E-state index in [9.17, 15) is 20.1 Å². The zero-order valence-corrected chi connectivity index (χ0v) is 19.9. The van der Waals surface area contributed by atoms with Crippen LogP contribution >= 0.6 is 0 Å². The third-order valence-corrected chi connectivity index (χ3v) is 5.34. The lowest BCUT2D eigenvalue weighted by atomic mass is 9.87. The van der Waals surface area contributed by atoms with Crippen molar-refractivity contribution >= 4 is 12.0 Å². The highest BCUT2D eigenvalue weighted by Gasteiger charge is 2.23. The standard InChI is InChI=1S/C26H35NO6/c1-15(2)25-21(11-10-19(29)12-20(30)13-23(31)32)24(17-6-8-18(28)9-7-17)22(14-33-5)26(27-25)16(3)4/h6-11,15-16,19-20,28-30H,12-14H2,1-5H3,(H,31,32)/t19-,20-/m1/s1. The average molecular weight is 458 g/mol. The molecule has 1 heterocycles. The van der Waals surface area contributed by atoms with Crippen LogP contribution < -0.4 is 0 Å². The van der Waals surface area contributed by atoms with Crippen molar-refractivity contribution in [1.29, 1.82) is 0 Å². The van der Waals surface area contributed by atoms with Gasteiger partial charge in [-0.2, -0.15) is 0 Å². The van der Waals surface area contributed by atoms with Crippen molar-refractivity contribution in [3.8, 4) is 16.9 Å². The summed E-state index contributed by atoms with van der Waals surface area (Å²) in [4.78, 5) is 15.8. The van der Waals surface area contributed by atoms with Gasteiger partial charge in [0.15, 0.2) is 0 Å². The van der Waals surface area contributed by atoms with Gasteiger partial charge in [0.05, 0.1) is 30.9 Å². The lowest BCUT2D eigenvalue weighted by Crippen LogP contribution is -2.19. The van der Waals surface area contributed by atoms with E-state index in [1.54, 1.807) is 31.4 Å². The summed E-state index contributed by atoms with van der Waals surface area (Å²) in [5.41, 5.74) is 5.33. The number of hydrogen-bond acceptors (Lipinski definition) is 6. The topological polar surface area (TPSA) is 120 Å². The number of benzene rings is 1. The lowest BCUT2D eigenvalue weighted by Gasteiger charge is -2.23. The number of nitrogens with zero attached hydrogens (tertiary/aromatic N) is 1. The summed E-state index contributed by atoms with van der Waals surface area (Å²) in [5, 5.41) is 38.9. The number of aromatic nitrogens is 1. The van der Waals surface area contributed by atoms with E-state index in [1.807, 2.05) is 26.0 Å². The number of carboxylic acid groups (broad SMARTS) is 1. The number of carboxylic acids is 1. The molecule has 1 aromatic heterocycles. The SMILES string of the molecule is COCc1c(C(C)C)nc(C(C)C)c(C=C[C@@H](O)C[C@@H](O)CC(=O)O)c1-c1ccc(O)cc1. The quantitative estimate of drug-likeness (QED) is 0.393. The Kier molecular flexibility index (Phi) is 9.58. The number of hydrogen-bond donors (Lipinski definition) is 4. The predicted molar refractivity (Wildman–Crippen MR) is 128 cm³/mol. The molecule has 0 bridgehead atoms. The van der Waals surface area contributed by atoms with E-state index in [-0.39, 0.29) is 24.0 Å². The second-order valence-corrected chi connectivity index (χ2v) is 8.85. The van der Waals surface area contributed by atoms with Crippen LogP contribution in [0.5, 0.6) is 5.75 Å². The van der Waals surface area contributed by atoms with Crippen LogP contribution in [0.25, 0.3) is 17.2 Å². The fraction of sp³-hybridized carbons (Fsp3) is 0.462. The molecule has 0 saturated carbocycles. The van der Waals surface area contributed by atoms with E-state index < -0.39 is 24.6 Å². The molecular formula is C26H35NO6. The molecule has 1 aromatic carbocycles. The highest BCUT2D eigenvalue weighted by Crippen LogP contribution is 2.38. The normalized spacial score (nSPS) is 13.7. The van der Waals surface area contributed by atoms with E-state index in [0.717, 1.165) is 33.6 Å². The molecule has 4 N–H and O–H groups in total. The van der Waals surface area contributed by atoms with Crippen LogP contribution in [0.15, 0.2) is 30.3 Å². The Hall–Kier alpha value is -2.74. The van der Waals surface area contributed by atoms with Crippen LogP contribution in [0.3, 0.4) is 0 Å². The monoisotopic (exact) mass is 457 g/mol. The molecule has 2 rings (SSSR count). The Morgan fingerprint density at radius 1 is 1.06 bits per heavy atom. The van der Waals surface area contributed by atoms with Crippen molar-refractivity contribution in [2.45, 2.75) is 71.2 Å². The molecule has 0 radical (unpaired) electrons. The van der Waals surface area contributed by atoms with E-state index in [0.29, 0.717) is 6.61 Å². The predicted octanol–water partition coefficient (Wildman–Crippen LogP) is 4.45. The summed E-state index contributed by atoms with van der Waals surface area (Å²) in [6.07, 6.45) is 0.659. The number of methoxy groups -OCH3 is 1. The van der Waals surface area contributed by atoms with Gasteiger partial charge < -0.3 is 25.2 Å². The molecule has 2 atom stereocenters. The molecule has 0 amide bonds. The van der Waals surface area contributed by atoms with Crippen LogP contribution in [-0.4, -0.2) is 50.7 Å². The molecule has 0 aliphatic heterocycles. The van der Waals surface area contributed by atoms with E-state index in [2.05, 4.69) is 13.8 Å². The fourth-order valence-electron chi connectivity index (χ4n) is 3.86. The molecule has 2 aromatic rings. The number of aliphatic carboxylic acids is 1. The number of aliphatic hydroxyl groups excluding tert-OH is 2. The number of pyridine rings is 1. The third kappa shape index (κ3) is 7.12. The molecule has 33 heavy (non-hydrogen) atoms. The number of carbonyl (C=O) groups is 1. The Morgan fingerprint density at radius 3 is 2.18 bits per heavy atom. The van der Waals surface area contributed by atoms with Crippen molar-refractivity contribution in [1.82, 2.24) is 4.98 Å². The number of phenolic OH excluding ortho intramolecular Hbond substituents is 1. The van der Waals surface area contributed by atoms with Gasteiger partial charge in [-0.15, -0.1) is 0 Å². The molecule has 0 fully saturated rings. The first kappa shape index (κ1) is 26.5. The second kappa shape index (κ2) is 11.9. The minimum atomic E-state index is -1.14. The van der Waals surface area contributed by atoms with Gasteiger partial charge in [0, 0.05) is 30.4 Å². The largest absolute Gasteiger partial charge is 0.508 e. The fourth-order valence-corrected chi connectivity index (χ4v) is 3.86. The number of rotatable bonds is 11. The first-order valence-electron chi connectivity index (χ1n) is 11.2. The van der Waals surface area contributed by atoms with E-state index >= 15 is 0 Å². The molecule has 7 heteroatoms. The molecule has 0 aliphatic rings. The summed E-state index contributed by atoms with van der Waals surface area (Å²) < 4.78 is 5.52. The van der Waals surface area contributed by atoms with Gasteiger partial charge in [-0.1, -0.05) is 52.0 Å². The highest BCUT2D eigenvalue weighted by molar-refractivity contribution is 5.80. The minimum Gasteiger partial charge on any atom is -0.508 e. The summed E-state index contributed by atoms with van der Waals surface area (Å²) in [7, 11) is 1.63. The number of ether oxygens (including phenoxy) is 1. The van der Waals surface area contributed by atoms with Gasteiger partial charge in [-0.3, -0.25) is 9.78 Å². The first-order valence-corrected chi connectivity index (χ1v) is 11.2. The van der Waals surface area contributed by atoms with Crippen molar-refractivity contribution in [3.05, 3.63) is 52.9 Å². The van der Waals surface area contributed by atoms with Gasteiger partial charge in [0.2, 0.25) is 0 Å². The minimum absolute atomic E-state index is 0.0865. The third-order valence-electron chi connectivity index (χ3n) is 5.34. The van der Waals surface area contributed by atoms with Gasteiger partial charge in [-0.25, -0.2) is 0 Å². The van der Waals surface area contributed by atoms with Crippen molar-refractivity contribution in [2.24, 2.45) is 0 Å². The Bertz CT molecular complexity index is 966. The van der Waals surface area contributed by atoms with Crippen LogP contribution in [0, 0.1) is 0 Å². The van der Waals surface area contributed by atoms with Gasteiger partial charge in [0.25, 0.3) is 0 Å². The van der Waals surface area contributed by atoms with Crippen LogP contribution in [-0.2, 0) is 16.1 Å². The molecule has 0 aliphatic carbocycles. The molecule has 0 spiro atoms. The van der Waals surface area contributed by atoms with Crippen molar-refractivity contribution in [3.63, 3.8) is 0 Å². The first-order chi connectivity index (χ1) is 15.5. The van der Waals surface area contributed by atoms with E-state index in [1.165, 1.54) is 0 Å². The Morgan fingerprint density at radius 2 is 1.67 bits per heavy atom. The highest BCUT2D eigenvalue weighted by atomic mass is 16.5. The summed E-state index contributed by atoms with van der Waals surface area (Å²) >= 11 is 0. The van der Waals surface area contributed by atoms with Crippen molar-refractivity contribution in [2.75, 3.05) is 7.11 Å².